The lowest BCUT2D eigenvalue weighted by molar-refractivity contribution is -0.154. The second kappa shape index (κ2) is 15.6. The molecular weight excluding hydrogens is 658 g/mol. The quantitative estimate of drug-likeness (QED) is 0.121. The van der Waals surface area contributed by atoms with E-state index in [4.69, 9.17) is 9.47 Å². The molecule has 0 aromatic heterocycles. The van der Waals surface area contributed by atoms with Gasteiger partial charge in [-0.05, 0) is 37.7 Å². The molecule has 0 aliphatic carbocycles. The topological polar surface area (TPSA) is 99.6 Å². The van der Waals surface area contributed by atoms with Crippen LogP contribution in [0.4, 0.5) is 0 Å². The van der Waals surface area contributed by atoms with Gasteiger partial charge in [-0.25, -0.2) is 0 Å². The fourth-order valence-corrected chi connectivity index (χ4v) is 11.1. The van der Waals surface area contributed by atoms with Gasteiger partial charge in [0.15, 0.2) is 0 Å². The standard InChI is InChI=1S/C34H46BrN3O6S/c1-3-5-6-10-18-44-33(42)27-28-31(40)38(25(23-39)21-24-11-8-7-9-12-24)30(34(28)22-26(35)29(27)45-34)32(41)37(13-4-2)15-14-36-16-19-43-20-17-36/h3-4,7-9,11-12,25-30,39H,1-2,5-6,10,13-23H2/t25-,26?,27+,28+,29+,30?,34?/m1/s1. The Balaban J connectivity index is 1.47. The van der Waals surface area contributed by atoms with Crippen LogP contribution < -0.4 is 0 Å². The van der Waals surface area contributed by atoms with Crippen molar-refractivity contribution in [2.24, 2.45) is 11.8 Å². The number of likely N-dealkylation sites (tertiary alicyclic amines) is 1. The van der Waals surface area contributed by atoms with E-state index in [0.717, 1.165) is 37.9 Å². The number of unbranched alkanes of at least 4 members (excludes halogenated alkanes) is 2. The summed E-state index contributed by atoms with van der Waals surface area (Å²) in [7, 11) is 0. The van der Waals surface area contributed by atoms with E-state index < -0.39 is 28.7 Å². The maximum atomic E-state index is 14.8. The van der Waals surface area contributed by atoms with Crippen molar-refractivity contribution >= 4 is 45.5 Å². The van der Waals surface area contributed by atoms with Gasteiger partial charge in [-0.15, -0.1) is 24.9 Å². The molecule has 246 valence electrons. The Morgan fingerprint density at radius 2 is 1.96 bits per heavy atom. The molecule has 1 aromatic rings. The van der Waals surface area contributed by atoms with Crippen molar-refractivity contribution in [2.45, 2.75) is 59.0 Å². The Bertz CT molecular complexity index is 1220. The zero-order chi connectivity index (χ0) is 32.0. The van der Waals surface area contributed by atoms with Gasteiger partial charge in [-0.3, -0.25) is 19.3 Å². The highest BCUT2D eigenvalue weighted by Crippen LogP contribution is 2.68. The third kappa shape index (κ3) is 7.07. The molecule has 4 aliphatic rings. The summed E-state index contributed by atoms with van der Waals surface area (Å²) in [6.07, 6.45) is 6.99. The van der Waals surface area contributed by atoms with Crippen molar-refractivity contribution in [1.82, 2.24) is 14.7 Å². The largest absolute Gasteiger partial charge is 0.465 e. The zero-order valence-electron chi connectivity index (χ0n) is 25.9. The first kappa shape index (κ1) is 34.2. The third-order valence-electron chi connectivity index (χ3n) is 9.65. The summed E-state index contributed by atoms with van der Waals surface area (Å²) in [5, 5.41) is 10.6. The van der Waals surface area contributed by atoms with Crippen molar-refractivity contribution in [3.63, 3.8) is 0 Å². The molecule has 1 spiro atoms. The normalized spacial score (nSPS) is 29.8. The van der Waals surface area contributed by atoms with Crippen molar-refractivity contribution in [1.29, 1.82) is 0 Å². The van der Waals surface area contributed by atoms with E-state index in [9.17, 15) is 19.5 Å². The molecule has 4 saturated heterocycles. The number of nitrogens with zero attached hydrogens (tertiary/aromatic N) is 3. The van der Waals surface area contributed by atoms with E-state index >= 15 is 0 Å². The van der Waals surface area contributed by atoms with E-state index in [1.807, 2.05) is 36.4 Å². The van der Waals surface area contributed by atoms with Crippen LogP contribution in [0.5, 0.6) is 0 Å². The van der Waals surface area contributed by atoms with Crippen LogP contribution in [0, 0.1) is 11.8 Å². The number of ether oxygens (including phenoxy) is 2. The van der Waals surface area contributed by atoms with Crippen LogP contribution in [0.2, 0.25) is 0 Å². The Labute approximate surface area is 279 Å². The van der Waals surface area contributed by atoms with Crippen LogP contribution in [0.15, 0.2) is 55.6 Å². The number of carbonyl (C=O) groups excluding carboxylic acids is 3. The number of aliphatic hydroxyl groups excluding tert-OH is 1. The highest BCUT2D eigenvalue weighted by atomic mass is 79.9. The van der Waals surface area contributed by atoms with E-state index in [-0.39, 0.29) is 41.1 Å². The maximum Gasteiger partial charge on any atom is 0.310 e. The number of halogens is 1. The molecular formula is C34H46BrN3O6S. The number of alkyl halides is 1. The molecule has 0 radical (unpaired) electrons. The van der Waals surface area contributed by atoms with Gasteiger partial charge in [-0.2, -0.15) is 0 Å². The predicted molar refractivity (Wildman–Crippen MR) is 179 cm³/mol. The number of esters is 1. The summed E-state index contributed by atoms with van der Waals surface area (Å²) in [5.74, 6) is -2.14. The van der Waals surface area contributed by atoms with Gasteiger partial charge in [0.2, 0.25) is 11.8 Å². The second-order valence-electron chi connectivity index (χ2n) is 12.4. The first-order chi connectivity index (χ1) is 21.9. The molecule has 4 aliphatic heterocycles. The minimum absolute atomic E-state index is 0.0528. The molecule has 11 heteroatoms. The van der Waals surface area contributed by atoms with Crippen LogP contribution in [0.3, 0.4) is 0 Å². The van der Waals surface area contributed by atoms with Gasteiger partial charge in [0, 0.05) is 42.8 Å². The summed E-state index contributed by atoms with van der Waals surface area (Å²) in [6, 6.07) is 8.26. The molecule has 2 amide bonds. The SMILES string of the molecule is C=CCCCCOC(=O)[C@H]1[C@H]2C(=O)N([C@@H](CO)Cc3ccccc3)C(C(=O)N(CC=C)CCN3CCOCC3)C23CC(Br)[C@@H]1S3. The summed E-state index contributed by atoms with van der Waals surface area (Å²) in [6.45, 7) is 12.1. The molecule has 3 unspecified atom stereocenters. The summed E-state index contributed by atoms with van der Waals surface area (Å²) < 4.78 is 10.5. The highest BCUT2D eigenvalue weighted by Gasteiger charge is 2.76. The lowest BCUT2D eigenvalue weighted by atomic mass is 9.71. The Hall–Kier alpha value is -2.18. The number of benzene rings is 1. The lowest BCUT2D eigenvalue weighted by Crippen LogP contribution is -2.59. The second-order valence-corrected chi connectivity index (χ2v) is 15.1. The number of morpholine rings is 1. The molecule has 45 heavy (non-hydrogen) atoms. The number of amides is 2. The van der Waals surface area contributed by atoms with E-state index in [0.29, 0.717) is 45.7 Å². The first-order valence-corrected chi connectivity index (χ1v) is 17.9. The fraction of sp³-hybridized carbons (Fsp3) is 0.618. The van der Waals surface area contributed by atoms with Crippen molar-refractivity contribution in [3.05, 3.63) is 61.2 Å². The Kier molecular flexibility index (Phi) is 11.8. The van der Waals surface area contributed by atoms with E-state index in [1.165, 1.54) is 0 Å². The molecule has 1 aromatic carbocycles. The number of aliphatic hydroxyl groups is 1. The molecule has 5 rings (SSSR count). The average molecular weight is 705 g/mol. The van der Waals surface area contributed by atoms with Gasteiger partial charge in [0.25, 0.3) is 0 Å². The van der Waals surface area contributed by atoms with Gasteiger partial charge in [-0.1, -0.05) is 58.4 Å². The molecule has 1 N–H and O–H groups in total. The minimum atomic E-state index is -0.832. The van der Waals surface area contributed by atoms with Crippen LogP contribution in [0.1, 0.15) is 31.2 Å². The van der Waals surface area contributed by atoms with Crippen LogP contribution in [-0.4, -0.2) is 124 Å². The Morgan fingerprint density at radius 1 is 1.20 bits per heavy atom. The third-order valence-corrected chi connectivity index (χ3v) is 12.9. The number of hydrogen-bond acceptors (Lipinski definition) is 8. The molecule has 4 heterocycles. The fourth-order valence-electron chi connectivity index (χ4n) is 7.51. The number of rotatable bonds is 16. The number of hydrogen-bond donors (Lipinski definition) is 1. The summed E-state index contributed by atoms with van der Waals surface area (Å²) in [4.78, 5) is 48.8. The first-order valence-electron chi connectivity index (χ1n) is 16.1. The molecule has 4 fully saturated rings. The van der Waals surface area contributed by atoms with Crippen molar-refractivity contribution < 1.29 is 29.0 Å². The van der Waals surface area contributed by atoms with Gasteiger partial charge >= 0.3 is 5.97 Å². The summed E-state index contributed by atoms with van der Waals surface area (Å²) >= 11 is 5.43. The molecule has 2 bridgehead atoms. The zero-order valence-corrected chi connectivity index (χ0v) is 28.3. The maximum absolute atomic E-state index is 14.8. The Morgan fingerprint density at radius 3 is 2.64 bits per heavy atom. The number of fused-ring (bicyclic) bond motifs is 1. The van der Waals surface area contributed by atoms with Crippen LogP contribution in [0.25, 0.3) is 0 Å². The summed E-state index contributed by atoms with van der Waals surface area (Å²) in [5.41, 5.74) is 0.964. The van der Waals surface area contributed by atoms with Gasteiger partial charge < -0.3 is 24.4 Å². The number of thioether (sulfide) groups is 1. The van der Waals surface area contributed by atoms with Crippen molar-refractivity contribution in [2.75, 3.05) is 59.2 Å². The lowest BCUT2D eigenvalue weighted by Gasteiger charge is -2.40. The minimum Gasteiger partial charge on any atom is -0.465 e. The highest BCUT2D eigenvalue weighted by molar-refractivity contribution is 9.09. The molecule has 7 atom stereocenters. The number of carbonyl (C=O) groups is 3. The smallest absolute Gasteiger partial charge is 0.310 e. The van der Waals surface area contributed by atoms with E-state index in [2.05, 4.69) is 34.0 Å². The molecule has 9 nitrogen and oxygen atoms in total. The van der Waals surface area contributed by atoms with Gasteiger partial charge in [0.05, 0.1) is 49.1 Å². The van der Waals surface area contributed by atoms with Crippen LogP contribution in [-0.2, 0) is 30.3 Å². The monoisotopic (exact) mass is 703 g/mol. The van der Waals surface area contributed by atoms with Crippen molar-refractivity contribution in [3.8, 4) is 0 Å². The van der Waals surface area contributed by atoms with E-state index in [1.54, 1.807) is 27.6 Å². The predicted octanol–water partition coefficient (Wildman–Crippen LogP) is 3.30. The molecule has 0 saturated carbocycles. The average Bonchev–Trinajstić information content (AvgIpc) is 3.65. The van der Waals surface area contributed by atoms with Crippen LogP contribution >= 0.6 is 27.7 Å². The number of allylic oxidation sites excluding steroid dienone is 1. The van der Waals surface area contributed by atoms with Gasteiger partial charge in [0.1, 0.15) is 6.04 Å².